The highest BCUT2D eigenvalue weighted by Crippen LogP contribution is 2.29. The Morgan fingerprint density at radius 3 is 2.80 bits per heavy atom. The van der Waals surface area contributed by atoms with Crippen molar-refractivity contribution in [3.05, 3.63) is 23.8 Å². The van der Waals surface area contributed by atoms with E-state index in [4.69, 9.17) is 9.47 Å². The third-order valence-corrected chi connectivity index (χ3v) is 3.16. The smallest absolute Gasteiger partial charge is 0.221 e. The van der Waals surface area contributed by atoms with E-state index in [2.05, 4.69) is 10.6 Å². The molecule has 1 atom stereocenters. The zero-order valence-electron chi connectivity index (χ0n) is 12.2. The Bertz CT molecular complexity index is 474. The lowest BCUT2D eigenvalue weighted by molar-refractivity contribution is -0.119. The molecule has 1 saturated heterocycles. The molecule has 110 valence electrons. The van der Waals surface area contributed by atoms with Crippen molar-refractivity contribution >= 4 is 5.91 Å². The minimum absolute atomic E-state index is 0.112. The summed E-state index contributed by atoms with van der Waals surface area (Å²) in [5.74, 6) is 1.60. The van der Waals surface area contributed by atoms with Gasteiger partial charge in [0.2, 0.25) is 5.91 Å². The van der Waals surface area contributed by atoms with E-state index in [-0.39, 0.29) is 18.1 Å². The first kappa shape index (κ1) is 14.7. The molecule has 5 nitrogen and oxygen atoms in total. The van der Waals surface area contributed by atoms with Crippen LogP contribution in [-0.4, -0.2) is 31.7 Å². The predicted octanol–water partition coefficient (Wildman–Crippen LogP) is 1.46. The van der Waals surface area contributed by atoms with Gasteiger partial charge in [-0.15, -0.1) is 0 Å². The Labute approximate surface area is 119 Å². The van der Waals surface area contributed by atoms with Gasteiger partial charge in [0.1, 0.15) is 0 Å². The van der Waals surface area contributed by atoms with Gasteiger partial charge in [-0.25, -0.2) is 0 Å². The van der Waals surface area contributed by atoms with E-state index in [1.54, 1.807) is 7.11 Å². The fraction of sp³-hybridized carbons (Fsp3) is 0.533. The number of hydrogen-bond acceptors (Lipinski definition) is 4. The summed E-state index contributed by atoms with van der Waals surface area (Å²) in [4.78, 5) is 11.1. The monoisotopic (exact) mass is 278 g/mol. The molecule has 0 radical (unpaired) electrons. The Balaban J connectivity index is 1.96. The van der Waals surface area contributed by atoms with E-state index in [9.17, 15) is 4.79 Å². The van der Waals surface area contributed by atoms with Crippen molar-refractivity contribution in [2.75, 3.05) is 13.7 Å². The van der Waals surface area contributed by atoms with Crippen LogP contribution in [0.3, 0.4) is 0 Å². The van der Waals surface area contributed by atoms with Crippen molar-refractivity contribution in [2.24, 2.45) is 0 Å². The van der Waals surface area contributed by atoms with Crippen LogP contribution in [0.25, 0.3) is 0 Å². The van der Waals surface area contributed by atoms with Gasteiger partial charge in [0.15, 0.2) is 11.5 Å². The lowest BCUT2D eigenvalue weighted by atomic mass is 10.1. The van der Waals surface area contributed by atoms with Gasteiger partial charge in [0.05, 0.1) is 13.2 Å². The lowest BCUT2D eigenvalue weighted by Gasteiger charge is -2.15. The summed E-state index contributed by atoms with van der Waals surface area (Å²) in [5, 5.41) is 6.17. The normalized spacial score (nSPS) is 18.2. The minimum Gasteiger partial charge on any atom is -0.493 e. The van der Waals surface area contributed by atoms with Crippen LogP contribution in [0.1, 0.15) is 25.8 Å². The number of carbonyl (C=O) groups excluding carboxylic acids is 1. The molecule has 1 fully saturated rings. The molecule has 1 aliphatic rings. The Morgan fingerprint density at radius 2 is 2.20 bits per heavy atom. The number of methoxy groups -OCH3 is 1. The van der Waals surface area contributed by atoms with Gasteiger partial charge in [-0.1, -0.05) is 6.07 Å². The van der Waals surface area contributed by atoms with Gasteiger partial charge in [-0.05, 0) is 31.5 Å². The largest absolute Gasteiger partial charge is 0.493 e. The van der Waals surface area contributed by atoms with Crippen LogP contribution in [0.4, 0.5) is 0 Å². The van der Waals surface area contributed by atoms with Crippen LogP contribution in [0.2, 0.25) is 0 Å². The van der Waals surface area contributed by atoms with E-state index >= 15 is 0 Å². The Hall–Kier alpha value is -1.75. The van der Waals surface area contributed by atoms with Crippen LogP contribution in [0, 0.1) is 0 Å². The Morgan fingerprint density at radius 1 is 1.40 bits per heavy atom. The van der Waals surface area contributed by atoms with E-state index < -0.39 is 0 Å². The molecule has 1 aliphatic heterocycles. The van der Waals surface area contributed by atoms with Gasteiger partial charge in [0.25, 0.3) is 0 Å². The standard InChI is InChI=1S/C15H22N2O3/c1-10(2)20-13-5-4-11(6-14(13)19-3)8-16-12-7-15(18)17-9-12/h4-6,10,12,16H,7-9H2,1-3H3,(H,17,18). The van der Waals surface area contributed by atoms with Gasteiger partial charge in [-0.3, -0.25) is 4.79 Å². The van der Waals surface area contributed by atoms with Gasteiger partial charge in [-0.2, -0.15) is 0 Å². The molecule has 0 bridgehead atoms. The van der Waals surface area contributed by atoms with Gasteiger partial charge in [0, 0.05) is 25.6 Å². The van der Waals surface area contributed by atoms with Crippen molar-refractivity contribution < 1.29 is 14.3 Å². The highest BCUT2D eigenvalue weighted by Gasteiger charge is 2.20. The second-order valence-corrected chi connectivity index (χ2v) is 5.24. The van der Waals surface area contributed by atoms with Crippen molar-refractivity contribution in [3.8, 4) is 11.5 Å². The number of benzene rings is 1. The molecular formula is C15H22N2O3. The van der Waals surface area contributed by atoms with Crippen LogP contribution in [0.5, 0.6) is 11.5 Å². The number of ether oxygens (including phenoxy) is 2. The second kappa shape index (κ2) is 6.61. The molecule has 0 spiro atoms. The number of hydrogen-bond donors (Lipinski definition) is 2. The zero-order chi connectivity index (χ0) is 14.5. The van der Waals surface area contributed by atoms with Crippen LogP contribution in [0.15, 0.2) is 18.2 Å². The van der Waals surface area contributed by atoms with E-state index in [1.807, 2.05) is 32.0 Å². The first-order valence-corrected chi connectivity index (χ1v) is 6.92. The molecule has 1 unspecified atom stereocenters. The highest BCUT2D eigenvalue weighted by atomic mass is 16.5. The molecule has 0 aromatic heterocycles. The zero-order valence-corrected chi connectivity index (χ0v) is 12.2. The van der Waals surface area contributed by atoms with Crippen molar-refractivity contribution in [3.63, 3.8) is 0 Å². The maximum Gasteiger partial charge on any atom is 0.221 e. The molecule has 1 aromatic carbocycles. The summed E-state index contributed by atoms with van der Waals surface area (Å²) in [5.41, 5.74) is 1.11. The summed E-state index contributed by atoms with van der Waals surface area (Å²) >= 11 is 0. The lowest BCUT2D eigenvalue weighted by Crippen LogP contribution is -2.30. The molecule has 1 amide bonds. The average molecular weight is 278 g/mol. The molecule has 5 heteroatoms. The van der Waals surface area contributed by atoms with Crippen LogP contribution in [-0.2, 0) is 11.3 Å². The summed E-state index contributed by atoms with van der Waals surface area (Å²) < 4.78 is 11.0. The fourth-order valence-corrected chi connectivity index (χ4v) is 2.18. The third kappa shape index (κ3) is 3.87. The molecule has 0 aliphatic carbocycles. The molecule has 20 heavy (non-hydrogen) atoms. The SMILES string of the molecule is COc1cc(CNC2CNC(=O)C2)ccc1OC(C)C. The second-order valence-electron chi connectivity index (χ2n) is 5.24. The van der Waals surface area contributed by atoms with E-state index in [0.717, 1.165) is 17.1 Å². The maximum absolute atomic E-state index is 11.1. The molecule has 2 N–H and O–H groups in total. The summed E-state index contributed by atoms with van der Waals surface area (Å²) in [6.07, 6.45) is 0.662. The van der Waals surface area contributed by atoms with Crippen LogP contribution >= 0.6 is 0 Å². The minimum atomic E-state index is 0.112. The van der Waals surface area contributed by atoms with Crippen molar-refractivity contribution in [2.45, 2.75) is 39.0 Å². The van der Waals surface area contributed by atoms with Gasteiger partial charge < -0.3 is 20.1 Å². The number of nitrogens with one attached hydrogen (secondary N) is 2. The molecule has 1 heterocycles. The van der Waals surface area contributed by atoms with Crippen molar-refractivity contribution in [1.82, 2.24) is 10.6 Å². The average Bonchev–Trinajstić information content (AvgIpc) is 2.83. The van der Waals surface area contributed by atoms with E-state index in [0.29, 0.717) is 19.5 Å². The predicted molar refractivity (Wildman–Crippen MR) is 77.0 cm³/mol. The third-order valence-electron chi connectivity index (χ3n) is 3.16. The molecule has 2 rings (SSSR count). The Kier molecular flexibility index (Phi) is 4.84. The summed E-state index contributed by atoms with van der Waals surface area (Å²) in [6.45, 7) is 5.38. The number of rotatable bonds is 6. The molecule has 1 aromatic rings. The molecular weight excluding hydrogens is 256 g/mol. The summed E-state index contributed by atoms with van der Waals surface area (Å²) in [6, 6.07) is 6.11. The van der Waals surface area contributed by atoms with Gasteiger partial charge >= 0.3 is 0 Å². The van der Waals surface area contributed by atoms with E-state index in [1.165, 1.54) is 0 Å². The number of carbonyl (C=O) groups is 1. The quantitative estimate of drug-likeness (QED) is 0.827. The first-order chi connectivity index (χ1) is 9.58. The highest BCUT2D eigenvalue weighted by molar-refractivity contribution is 5.78. The fourth-order valence-electron chi connectivity index (χ4n) is 2.18. The van der Waals surface area contributed by atoms with Crippen LogP contribution < -0.4 is 20.1 Å². The summed E-state index contributed by atoms with van der Waals surface area (Å²) in [7, 11) is 1.64. The first-order valence-electron chi connectivity index (χ1n) is 6.92. The maximum atomic E-state index is 11.1. The topological polar surface area (TPSA) is 59.6 Å². The van der Waals surface area contributed by atoms with Crippen molar-refractivity contribution in [1.29, 1.82) is 0 Å². The molecule has 0 saturated carbocycles. The number of amides is 1.